The van der Waals surface area contributed by atoms with Gasteiger partial charge < -0.3 is 10.6 Å². The Morgan fingerprint density at radius 3 is 2.62 bits per heavy atom. The van der Waals surface area contributed by atoms with Crippen LogP contribution in [-0.4, -0.2) is 13.1 Å². The Balaban J connectivity index is 2.38. The van der Waals surface area contributed by atoms with Crippen LogP contribution in [0.25, 0.3) is 0 Å². The molecule has 2 aromatic rings. The Morgan fingerprint density at radius 2 is 1.95 bits per heavy atom. The predicted molar refractivity (Wildman–Crippen MR) is 87.6 cm³/mol. The maximum Gasteiger partial charge on any atom is 0.125 e. The van der Waals surface area contributed by atoms with Crippen molar-refractivity contribution in [2.45, 2.75) is 32.7 Å². The number of aryl methyl sites for hydroxylation is 1. The Hall–Kier alpha value is -1.87. The van der Waals surface area contributed by atoms with Crippen LogP contribution in [0.2, 0.25) is 0 Å². The molecule has 0 amide bonds. The molecule has 0 aliphatic rings. The normalized spacial score (nSPS) is 12.2. The minimum absolute atomic E-state index is 0.145. The molecule has 0 aromatic heterocycles. The second-order valence-electron chi connectivity index (χ2n) is 5.54. The van der Waals surface area contributed by atoms with E-state index in [0.29, 0.717) is 0 Å². The Kier molecular flexibility index (Phi) is 4.97. The van der Waals surface area contributed by atoms with Gasteiger partial charge in [0.25, 0.3) is 0 Å². The first-order valence-electron chi connectivity index (χ1n) is 7.35. The smallest absolute Gasteiger partial charge is 0.125 e. The van der Waals surface area contributed by atoms with Gasteiger partial charge in [0.15, 0.2) is 0 Å². The topological polar surface area (TPSA) is 29.3 Å². The van der Waals surface area contributed by atoms with E-state index < -0.39 is 0 Å². The lowest BCUT2D eigenvalue weighted by atomic mass is 10.00. The molecule has 0 aliphatic carbocycles. The van der Waals surface area contributed by atoms with Gasteiger partial charge in [-0.25, -0.2) is 4.39 Å². The average Bonchev–Trinajstić information content (AvgIpc) is 2.46. The lowest BCUT2D eigenvalue weighted by molar-refractivity contribution is 0.627. The van der Waals surface area contributed by atoms with Gasteiger partial charge >= 0.3 is 0 Å². The molecule has 2 rings (SSSR count). The number of rotatable bonds is 5. The zero-order valence-electron chi connectivity index (χ0n) is 12.9. The summed E-state index contributed by atoms with van der Waals surface area (Å²) in [5.41, 5.74) is 10.4. The van der Waals surface area contributed by atoms with E-state index in [1.165, 1.54) is 17.2 Å². The fourth-order valence-electron chi connectivity index (χ4n) is 2.46. The summed E-state index contributed by atoms with van der Waals surface area (Å²) in [6.45, 7) is 4.17. The quantitative estimate of drug-likeness (QED) is 0.893. The van der Waals surface area contributed by atoms with Crippen molar-refractivity contribution in [1.82, 2.24) is 0 Å². The number of benzene rings is 2. The maximum atomic E-state index is 13.4. The van der Waals surface area contributed by atoms with Crippen LogP contribution < -0.4 is 10.6 Å². The second kappa shape index (κ2) is 6.72. The van der Waals surface area contributed by atoms with E-state index in [2.05, 4.69) is 32.0 Å². The highest BCUT2D eigenvalue weighted by Gasteiger charge is 2.12. The van der Waals surface area contributed by atoms with Crippen LogP contribution in [-0.2, 0) is 6.42 Å². The van der Waals surface area contributed by atoms with Gasteiger partial charge in [-0.15, -0.1) is 0 Å². The summed E-state index contributed by atoms with van der Waals surface area (Å²) in [6.07, 6.45) is 1.77. The summed E-state index contributed by atoms with van der Waals surface area (Å²) in [5, 5.41) is 0. The molecule has 2 aromatic carbocycles. The van der Waals surface area contributed by atoms with Crippen LogP contribution in [0.4, 0.5) is 15.8 Å². The van der Waals surface area contributed by atoms with Crippen LogP contribution in [0.3, 0.4) is 0 Å². The van der Waals surface area contributed by atoms with Crippen molar-refractivity contribution in [1.29, 1.82) is 0 Å². The molecule has 0 saturated carbocycles. The Morgan fingerprint density at radius 1 is 1.19 bits per heavy atom. The summed E-state index contributed by atoms with van der Waals surface area (Å²) < 4.78 is 13.4. The molecule has 0 heterocycles. The number of nitrogens with two attached hydrogens (primary N) is 1. The monoisotopic (exact) mass is 286 g/mol. The van der Waals surface area contributed by atoms with Gasteiger partial charge in [-0.2, -0.15) is 0 Å². The van der Waals surface area contributed by atoms with Gasteiger partial charge in [0, 0.05) is 24.5 Å². The number of halogens is 1. The van der Waals surface area contributed by atoms with E-state index in [4.69, 9.17) is 5.73 Å². The number of hydrogen-bond acceptors (Lipinski definition) is 2. The van der Waals surface area contributed by atoms with Crippen LogP contribution in [0.15, 0.2) is 42.5 Å². The van der Waals surface area contributed by atoms with E-state index in [0.717, 1.165) is 24.2 Å². The van der Waals surface area contributed by atoms with E-state index in [1.807, 2.05) is 18.0 Å². The van der Waals surface area contributed by atoms with Crippen molar-refractivity contribution in [3.63, 3.8) is 0 Å². The fourth-order valence-corrected chi connectivity index (χ4v) is 2.46. The largest absolute Gasteiger partial charge is 0.344 e. The molecule has 1 unspecified atom stereocenters. The van der Waals surface area contributed by atoms with Crippen molar-refractivity contribution in [2.24, 2.45) is 5.73 Å². The van der Waals surface area contributed by atoms with Crippen LogP contribution in [0.5, 0.6) is 0 Å². The van der Waals surface area contributed by atoms with Gasteiger partial charge in [-0.05, 0) is 49.6 Å². The van der Waals surface area contributed by atoms with Crippen molar-refractivity contribution in [2.75, 3.05) is 11.9 Å². The van der Waals surface area contributed by atoms with Crippen molar-refractivity contribution >= 4 is 11.4 Å². The third-order valence-corrected chi connectivity index (χ3v) is 3.80. The molecule has 0 fully saturated rings. The lowest BCUT2D eigenvalue weighted by Crippen LogP contribution is -2.23. The molecule has 2 nitrogen and oxygen atoms in total. The average molecular weight is 286 g/mol. The first-order chi connectivity index (χ1) is 10.0. The molecule has 3 heteroatoms. The summed E-state index contributed by atoms with van der Waals surface area (Å²) in [4.78, 5) is 2.01. The standard InChI is InChI=1S/C18H23FN2/c1-4-16(20)11-14-10-13(2)8-9-18(14)21(3)17-7-5-6-15(19)12-17/h5-10,12,16H,4,11,20H2,1-3H3. The number of nitrogens with zero attached hydrogens (tertiary/aromatic N) is 1. The van der Waals surface area contributed by atoms with E-state index in [9.17, 15) is 4.39 Å². The van der Waals surface area contributed by atoms with Crippen molar-refractivity contribution < 1.29 is 4.39 Å². The van der Waals surface area contributed by atoms with Crippen LogP contribution >= 0.6 is 0 Å². The molecule has 1 atom stereocenters. The van der Waals surface area contributed by atoms with Gasteiger partial charge in [-0.3, -0.25) is 0 Å². The molecular formula is C18H23FN2. The molecule has 0 saturated heterocycles. The minimum atomic E-state index is -0.224. The van der Waals surface area contributed by atoms with Crippen molar-refractivity contribution in [3.8, 4) is 0 Å². The zero-order chi connectivity index (χ0) is 15.4. The second-order valence-corrected chi connectivity index (χ2v) is 5.54. The summed E-state index contributed by atoms with van der Waals surface area (Å²) in [6, 6.07) is 13.1. The zero-order valence-corrected chi connectivity index (χ0v) is 12.9. The lowest BCUT2D eigenvalue weighted by Gasteiger charge is -2.24. The molecule has 2 N–H and O–H groups in total. The summed E-state index contributed by atoms with van der Waals surface area (Å²) >= 11 is 0. The van der Waals surface area contributed by atoms with Crippen LogP contribution in [0.1, 0.15) is 24.5 Å². The highest BCUT2D eigenvalue weighted by Crippen LogP contribution is 2.29. The first kappa shape index (κ1) is 15.5. The first-order valence-corrected chi connectivity index (χ1v) is 7.35. The van der Waals surface area contributed by atoms with Crippen LogP contribution in [0, 0.1) is 12.7 Å². The highest BCUT2D eigenvalue weighted by atomic mass is 19.1. The van der Waals surface area contributed by atoms with E-state index >= 15 is 0 Å². The van der Waals surface area contributed by atoms with Gasteiger partial charge in [0.2, 0.25) is 0 Å². The third kappa shape index (κ3) is 3.82. The number of anilines is 2. The minimum Gasteiger partial charge on any atom is -0.344 e. The molecule has 112 valence electrons. The molecule has 0 aliphatic heterocycles. The van der Waals surface area contributed by atoms with Gasteiger partial charge in [0.1, 0.15) is 5.82 Å². The molecule has 21 heavy (non-hydrogen) atoms. The molecule has 0 radical (unpaired) electrons. The molecule has 0 bridgehead atoms. The van der Waals surface area contributed by atoms with Gasteiger partial charge in [0.05, 0.1) is 0 Å². The molecular weight excluding hydrogens is 263 g/mol. The summed E-state index contributed by atoms with van der Waals surface area (Å²) in [5.74, 6) is -0.224. The highest BCUT2D eigenvalue weighted by molar-refractivity contribution is 5.66. The Bertz CT molecular complexity index is 610. The van der Waals surface area contributed by atoms with E-state index in [1.54, 1.807) is 12.1 Å². The van der Waals surface area contributed by atoms with Crippen molar-refractivity contribution in [3.05, 3.63) is 59.4 Å². The summed E-state index contributed by atoms with van der Waals surface area (Å²) in [7, 11) is 1.96. The molecule has 0 spiro atoms. The Labute approximate surface area is 126 Å². The van der Waals surface area contributed by atoms with E-state index in [-0.39, 0.29) is 11.9 Å². The SMILES string of the molecule is CCC(N)Cc1cc(C)ccc1N(C)c1cccc(F)c1. The van der Waals surface area contributed by atoms with Gasteiger partial charge in [-0.1, -0.05) is 30.7 Å². The third-order valence-electron chi connectivity index (χ3n) is 3.80. The maximum absolute atomic E-state index is 13.4. The fraction of sp³-hybridized carbons (Fsp3) is 0.333. The number of hydrogen-bond donors (Lipinski definition) is 1. The predicted octanol–water partition coefficient (Wildman–Crippen LogP) is 4.18.